The van der Waals surface area contributed by atoms with E-state index < -0.39 is 0 Å². The molecule has 0 atom stereocenters. The number of aryl methyl sites for hydroxylation is 1. The Hall–Kier alpha value is -2.36. The van der Waals surface area contributed by atoms with Crippen LogP contribution in [-0.2, 0) is 13.1 Å². The molecule has 2 heterocycles. The van der Waals surface area contributed by atoms with Crippen molar-refractivity contribution in [3.05, 3.63) is 59.4 Å². The summed E-state index contributed by atoms with van der Waals surface area (Å²) in [6.07, 6.45) is 1.74. The Bertz CT molecular complexity index is 899. The van der Waals surface area contributed by atoms with E-state index in [2.05, 4.69) is 58.7 Å². The van der Waals surface area contributed by atoms with Gasteiger partial charge >= 0.3 is 0 Å². The molecule has 2 N–H and O–H groups in total. The number of nitrogens with zero attached hydrogens (tertiary/aromatic N) is 3. The van der Waals surface area contributed by atoms with Crippen LogP contribution in [0.5, 0.6) is 0 Å². The highest BCUT2D eigenvalue weighted by molar-refractivity contribution is 14.0. The van der Waals surface area contributed by atoms with Crippen LogP contribution in [0.3, 0.4) is 0 Å². The first kappa shape index (κ1) is 21.9. The highest BCUT2D eigenvalue weighted by Crippen LogP contribution is 2.20. The molecule has 0 aliphatic rings. The predicted molar refractivity (Wildman–Crippen MR) is 120 cm³/mol. The minimum Gasteiger partial charge on any atom is -0.439 e. The zero-order chi connectivity index (χ0) is 19.2. The van der Waals surface area contributed by atoms with Crippen LogP contribution in [0.2, 0.25) is 0 Å². The minimum absolute atomic E-state index is 0. The zero-order valence-corrected chi connectivity index (χ0v) is 18.9. The van der Waals surface area contributed by atoms with Crippen molar-refractivity contribution in [2.75, 3.05) is 7.05 Å². The second-order valence-corrected chi connectivity index (χ2v) is 6.64. The Kier molecular flexibility index (Phi) is 8.04. The third-order valence-corrected chi connectivity index (χ3v) is 4.12. The number of benzene rings is 1. The van der Waals surface area contributed by atoms with Crippen molar-refractivity contribution in [1.82, 2.24) is 20.8 Å². The molecule has 0 saturated carbocycles. The second-order valence-electron chi connectivity index (χ2n) is 6.64. The van der Waals surface area contributed by atoms with Crippen molar-refractivity contribution in [1.29, 1.82) is 0 Å². The number of aromatic nitrogens is 2. The molecule has 0 spiro atoms. The molecule has 8 heteroatoms. The fourth-order valence-electron chi connectivity index (χ4n) is 2.48. The van der Waals surface area contributed by atoms with E-state index in [-0.39, 0.29) is 24.0 Å². The van der Waals surface area contributed by atoms with Gasteiger partial charge in [-0.1, -0.05) is 48.8 Å². The van der Waals surface area contributed by atoms with Crippen molar-refractivity contribution in [2.45, 2.75) is 39.8 Å². The van der Waals surface area contributed by atoms with Crippen molar-refractivity contribution in [3.8, 4) is 11.3 Å². The number of hydrogen-bond donors (Lipinski definition) is 2. The number of hydrogen-bond acceptors (Lipinski definition) is 5. The lowest BCUT2D eigenvalue weighted by Crippen LogP contribution is -2.36. The largest absolute Gasteiger partial charge is 0.439 e. The lowest BCUT2D eigenvalue weighted by Gasteiger charge is -2.08. The van der Waals surface area contributed by atoms with Gasteiger partial charge < -0.3 is 19.6 Å². The van der Waals surface area contributed by atoms with Crippen LogP contribution >= 0.6 is 24.0 Å². The van der Waals surface area contributed by atoms with Gasteiger partial charge in [0.2, 0.25) is 5.89 Å². The highest BCUT2D eigenvalue weighted by atomic mass is 127. The summed E-state index contributed by atoms with van der Waals surface area (Å²) in [6.45, 7) is 7.15. The average molecular weight is 495 g/mol. The van der Waals surface area contributed by atoms with Crippen LogP contribution in [0, 0.1) is 6.92 Å². The highest BCUT2D eigenvalue weighted by Gasteiger charge is 2.10. The quantitative estimate of drug-likeness (QED) is 0.302. The number of nitrogens with one attached hydrogen (secondary N) is 2. The molecule has 0 unspecified atom stereocenters. The van der Waals surface area contributed by atoms with Crippen LogP contribution < -0.4 is 10.6 Å². The van der Waals surface area contributed by atoms with Crippen molar-refractivity contribution < 1.29 is 8.94 Å². The van der Waals surface area contributed by atoms with Crippen molar-refractivity contribution in [2.24, 2.45) is 4.99 Å². The van der Waals surface area contributed by atoms with Crippen LogP contribution in [0.4, 0.5) is 0 Å². The summed E-state index contributed by atoms with van der Waals surface area (Å²) in [5.41, 5.74) is 3.16. The van der Waals surface area contributed by atoms with Gasteiger partial charge in [0.25, 0.3) is 0 Å². The molecule has 1 aromatic carbocycles. The van der Waals surface area contributed by atoms with E-state index >= 15 is 0 Å². The number of aliphatic imine (C=N–C) groups is 1. The molecule has 0 saturated heterocycles. The van der Waals surface area contributed by atoms with E-state index in [0.717, 1.165) is 22.8 Å². The third kappa shape index (κ3) is 5.82. The van der Waals surface area contributed by atoms with E-state index in [1.807, 2.05) is 18.2 Å². The van der Waals surface area contributed by atoms with Gasteiger partial charge in [0.05, 0.1) is 25.0 Å². The normalized spacial score (nSPS) is 11.4. The fourth-order valence-corrected chi connectivity index (χ4v) is 2.48. The van der Waals surface area contributed by atoms with E-state index in [4.69, 9.17) is 8.94 Å². The van der Waals surface area contributed by atoms with Crippen molar-refractivity contribution >= 4 is 29.9 Å². The van der Waals surface area contributed by atoms with E-state index in [9.17, 15) is 0 Å². The number of guanidine groups is 1. The monoisotopic (exact) mass is 495 g/mol. The first-order chi connectivity index (χ1) is 13.0. The first-order valence-corrected chi connectivity index (χ1v) is 8.97. The van der Waals surface area contributed by atoms with Gasteiger partial charge in [-0.2, -0.15) is 0 Å². The Morgan fingerprint density at radius 1 is 1.14 bits per heavy atom. The number of halogens is 1. The summed E-state index contributed by atoms with van der Waals surface area (Å²) >= 11 is 0. The van der Waals surface area contributed by atoms with Crippen LogP contribution in [0.1, 0.15) is 42.7 Å². The van der Waals surface area contributed by atoms with Gasteiger partial charge in [0.15, 0.2) is 17.5 Å². The molecule has 0 radical (unpaired) electrons. The van der Waals surface area contributed by atoms with E-state index in [1.54, 1.807) is 13.2 Å². The smallest absolute Gasteiger partial charge is 0.214 e. The number of oxazole rings is 1. The van der Waals surface area contributed by atoms with Gasteiger partial charge in [-0.25, -0.2) is 4.98 Å². The summed E-state index contributed by atoms with van der Waals surface area (Å²) < 4.78 is 11.1. The molecule has 0 amide bonds. The Labute approximate surface area is 182 Å². The second kappa shape index (κ2) is 10.3. The standard InChI is InChI=1S/C20H25N5O2.HI/c1-13(2)17-9-16(27-25-17)10-23-20(21-4)24-12-19-22-11-18(26-19)15-7-5-14(3)6-8-15;/h5-9,11,13H,10,12H2,1-4H3,(H2,21,23,24);1H. The third-order valence-electron chi connectivity index (χ3n) is 4.12. The van der Waals surface area contributed by atoms with Gasteiger partial charge in [-0.15, -0.1) is 24.0 Å². The Morgan fingerprint density at radius 3 is 2.50 bits per heavy atom. The molecule has 0 fully saturated rings. The minimum atomic E-state index is 0. The van der Waals surface area contributed by atoms with E-state index in [1.165, 1.54) is 5.56 Å². The van der Waals surface area contributed by atoms with Crippen LogP contribution in [-0.4, -0.2) is 23.1 Å². The summed E-state index contributed by atoms with van der Waals surface area (Å²) in [5, 5.41) is 10.4. The van der Waals surface area contributed by atoms with Crippen LogP contribution in [0.25, 0.3) is 11.3 Å². The van der Waals surface area contributed by atoms with E-state index in [0.29, 0.717) is 30.9 Å². The first-order valence-electron chi connectivity index (χ1n) is 8.97. The van der Waals surface area contributed by atoms with Crippen molar-refractivity contribution in [3.63, 3.8) is 0 Å². The lowest BCUT2D eigenvalue weighted by atomic mass is 10.1. The summed E-state index contributed by atoms with van der Waals surface area (Å²) in [7, 11) is 1.71. The van der Waals surface area contributed by atoms with Crippen LogP contribution in [0.15, 0.2) is 50.5 Å². The van der Waals surface area contributed by atoms with Gasteiger partial charge in [0.1, 0.15) is 0 Å². The summed E-state index contributed by atoms with van der Waals surface area (Å²) in [4.78, 5) is 8.52. The van der Waals surface area contributed by atoms with Gasteiger partial charge in [-0.05, 0) is 12.8 Å². The maximum absolute atomic E-state index is 5.81. The molecule has 7 nitrogen and oxygen atoms in total. The molecule has 3 rings (SSSR count). The zero-order valence-electron chi connectivity index (χ0n) is 16.5. The maximum atomic E-state index is 5.81. The molecule has 28 heavy (non-hydrogen) atoms. The fraction of sp³-hybridized carbons (Fsp3) is 0.350. The SMILES string of the molecule is CN=C(NCc1cc(C(C)C)no1)NCc1ncc(-c2ccc(C)cc2)o1.I. The molecule has 150 valence electrons. The van der Waals surface area contributed by atoms with Gasteiger partial charge in [0, 0.05) is 18.7 Å². The topological polar surface area (TPSA) is 88.5 Å². The molecule has 3 aromatic rings. The molecule has 0 bridgehead atoms. The lowest BCUT2D eigenvalue weighted by molar-refractivity contribution is 0.372. The Morgan fingerprint density at radius 2 is 1.86 bits per heavy atom. The summed E-state index contributed by atoms with van der Waals surface area (Å²) in [5.74, 6) is 3.08. The number of rotatable bonds is 6. The molecule has 0 aliphatic heterocycles. The molecular weight excluding hydrogens is 469 g/mol. The Balaban J connectivity index is 0.00000280. The average Bonchev–Trinajstić information content (AvgIpc) is 3.32. The maximum Gasteiger partial charge on any atom is 0.214 e. The molecule has 2 aromatic heterocycles. The van der Waals surface area contributed by atoms with Gasteiger partial charge in [-0.3, -0.25) is 4.99 Å². The molecular formula is C20H26IN5O2. The predicted octanol–water partition coefficient (Wildman–Crippen LogP) is 4.24. The summed E-state index contributed by atoms with van der Waals surface area (Å²) in [6, 6.07) is 10.1. The molecule has 0 aliphatic carbocycles.